The molecule has 2 rings (SSSR count). The molecule has 0 aliphatic heterocycles. The molecule has 1 N–H and O–H groups in total. The number of carboxylic acid groups (broad SMARTS) is 1. The van der Waals surface area contributed by atoms with Gasteiger partial charge in [-0.05, 0) is 22.9 Å². The molecule has 0 fully saturated rings. The van der Waals surface area contributed by atoms with Crippen LogP contribution in [0.5, 0.6) is 0 Å². The molecule has 2 heterocycles. The van der Waals surface area contributed by atoms with Crippen molar-refractivity contribution in [3.8, 4) is 0 Å². The van der Waals surface area contributed by atoms with Gasteiger partial charge in [0.15, 0.2) is 0 Å². The predicted molar refractivity (Wildman–Crippen MR) is 56.8 cm³/mol. The Bertz CT molecular complexity index is 523. The van der Waals surface area contributed by atoms with Crippen LogP contribution in [0, 0.1) is 6.92 Å². The van der Waals surface area contributed by atoms with Gasteiger partial charge in [-0.25, -0.2) is 14.8 Å². The Labute approximate surface area is 91.7 Å². The average molecular weight is 273 g/mol. The molecule has 72 valence electrons. The lowest BCUT2D eigenvalue weighted by atomic mass is 10.3. The van der Waals surface area contributed by atoms with Gasteiger partial charge in [0.1, 0.15) is 15.5 Å². The van der Waals surface area contributed by atoms with Crippen molar-refractivity contribution in [1.82, 2.24) is 9.97 Å². The van der Waals surface area contributed by atoms with Gasteiger partial charge in [-0.3, -0.25) is 0 Å². The maximum atomic E-state index is 10.8. The molecule has 14 heavy (non-hydrogen) atoms. The van der Waals surface area contributed by atoms with Crippen LogP contribution >= 0.6 is 27.3 Å². The van der Waals surface area contributed by atoms with Crippen LogP contribution in [0.4, 0.5) is 0 Å². The molecule has 0 saturated carbocycles. The molecule has 0 spiro atoms. The second-order valence-corrected chi connectivity index (χ2v) is 4.48. The molecule has 0 aliphatic carbocycles. The molecular formula is C8H5BrN2O2S. The van der Waals surface area contributed by atoms with Gasteiger partial charge < -0.3 is 5.11 Å². The van der Waals surface area contributed by atoms with Crippen LogP contribution in [0.2, 0.25) is 0 Å². The van der Waals surface area contributed by atoms with Crippen LogP contribution in [0.3, 0.4) is 0 Å². The summed E-state index contributed by atoms with van der Waals surface area (Å²) in [5.41, 5.74) is 0. The molecular weight excluding hydrogens is 268 g/mol. The van der Waals surface area contributed by atoms with Crippen molar-refractivity contribution in [2.45, 2.75) is 6.92 Å². The highest BCUT2D eigenvalue weighted by Crippen LogP contribution is 2.33. The van der Waals surface area contributed by atoms with E-state index >= 15 is 0 Å². The molecule has 0 amide bonds. The normalized spacial score (nSPS) is 10.7. The number of nitrogens with zero attached hydrogens (tertiary/aromatic N) is 2. The summed E-state index contributed by atoms with van der Waals surface area (Å²) in [4.78, 5) is 19.9. The molecule has 0 unspecified atom stereocenters. The SMILES string of the molecule is Cc1ncc2c(Br)c(C(=O)O)sc2n1. The summed E-state index contributed by atoms with van der Waals surface area (Å²) < 4.78 is 0.560. The monoisotopic (exact) mass is 272 g/mol. The highest BCUT2D eigenvalue weighted by Gasteiger charge is 2.16. The maximum absolute atomic E-state index is 10.8. The number of aryl methyl sites for hydroxylation is 1. The van der Waals surface area contributed by atoms with E-state index in [-0.39, 0.29) is 4.88 Å². The third kappa shape index (κ3) is 1.40. The standard InChI is InChI=1S/C8H5BrN2O2S/c1-3-10-2-4-5(9)6(8(12)13)14-7(4)11-3/h2H,1H3,(H,12,13). The molecule has 0 aliphatic rings. The van der Waals surface area contributed by atoms with Crippen molar-refractivity contribution in [3.63, 3.8) is 0 Å². The number of hydrogen-bond acceptors (Lipinski definition) is 4. The number of halogens is 1. The highest BCUT2D eigenvalue weighted by molar-refractivity contribution is 9.10. The number of fused-ring (bicyclic) bond motifs is 1. The third-order valence-corrected chi connectivity index (χ3v) is 3.88. The minimum atomic E-state index is -0.947. The van der Waals surface area contributed by atoms with Crippen LogP contribution in [0.25, 0.3) is 10.2 Å². The zero-order valence-corrected chi connectivity index (χ0v) is 9.52. The lowest BCUT2D eigenvalue weighted by Gasteiger charge is -1.90. The van der Waals surface area contributed by atoms with Crippen molar-refractivity contribution in [2.75, 3.05) is 0 Å². The van der Waals surface area contributed by atoms with Crippen molar-refractivity contribution >= 4 is 43.5 Å². The number of carboxylic acids is 1. The molecule has 0 bridgehead atoms. The van der Waals surface area contributed by atoms with Crippen molar-refractivity contribution in [2.24, 2.45) is 0 Å². The largest absolute Gasteiger partial charge is 0.477 e. The average Bonchev–Trinajstić information content (AvgIpc) is 2.43. The van der Waals surface area contributed by atoms with E-state index in [1.807, 2.05) is 0 Å². The van der Waals surface area contributed by atoms with Crippen LogP contribution in [-0.2, 0) is 0 Å². The van der Waals surface area contributed by atoms with Gasteiger partial charge in [-0.1, -0.05) is 0 Å². The molecule has 6 heteroatoms. The van der Waals surface area contributed by atoms with E-state index in [1.54, 1.807) is 13.1 Å². The first kappa shape index (κ1) is 9.54. The van der Waals surface area contributed by atoms with Crippen molar-refractivity contribution in [3.05, 3.63) is 21.4 Å². The summed E-state index contributed by atoms with van der Waals surface area (Å²) in [7, 11) is 0. The van der Waals surface area contributed by atoms with E-state index in [0.29, 0.717) is 15.1 Å². The first-order chi connectivity index (χ1) is 6.59. The zero-order chi connectivity index (χ0) is 10.3. The van der Waals surface area contributed by atoms with Crippen LogP contribution in [0.15, 0.2) is 10.7 Å². The fourth-order valence-corrected chi connectivity index (χ4v) is 2.84. The summed E-state index contributed by atoms with van der Waals surface area (Å²) in [6, 6.07) is 0. The van der Waals surface area contributed by atoms with Gasteiger partial charge in [0.2, 0.25) is 0 Å². The Balaban J connectivity index is 2.79. The van der Waals surface area contributed by atoms with E-state index in [0.717, 1.165) is 16.7 Å². The second-order valence-electron chi connectivity index (χ2n) is 2.69. The number of rotatable bonds is 1. The Morgan fingerprint density at radius 1 is 1.64 bits per heavy atom. The number of aromatic carboxylic acids is 1. The maximum Gasteiger partial charge on any atom is 0.347 e. The fraction of sp³-hybridized carbons (Fsp3) is 0.125. The third-order valence-electron chi connectivity index (χ3n) is 1.70. The topological polar surface area (TPSA) is 63.1 Å². The summed E-state index contributed by atoms with van der Waals surface area (Å²) in [6.07, 6.45) is 1.63. The molecule has 2 aromatic rings. The first-order valence-electron chi connectivity index (χ1n) is 3.74. The molecule has 0 aromatic carbocycles. The van der Waals surface area contributed by atoms with Gasteiger partial charge in [0, 0.05) is 11.6 Å². The van der Waals surface area contributed by atoms with E-state index in [4.69, 9.17) is 5.11 Å². The van der Waals surface area contributed by atoms with Crippen LogP contribution < -0.4 is 0 Å². The molecule has 0 atom stereocenters. The van der Waals surface area contributed by atoms with Crippen molar-refractivity contribution < 1.29 is 9.90 Å². The zero-order valence-electron chi connectivity index (χ0n) is 7.11. The number of carbonyl (C=O) groups is 1. The van der Waals surface area contributed by atoms with E-state index < -0.39 is 5.97 Å². The first-order valence-corrected chi connectivity index (χ1v) is 5.35. The number of hydrogen-bond donors (Lipinski definition) is 1. The fourth-order valence-electron chi connectivity index (χ4n) is 1.08. The lowest BCUT2D eigenvalue weighted by Crippen LogP contribution is -1.91. The molecule has 2 aromatic heterocycles. The summed E-state index contributed by atoms with van der Waals surface area (Å²) in [5.74, 6) is -0.305. The summed E-state index contributed by atoms with van der Waals surface area (Å²) in [6.45, 7) is 1.77. The molecule has 0 radical (unpaired) electrons. The van der Waals surface area contributed by atoms with Gasteiger partial charge in [0.05, 0.1) is 4.47 Å². The minimum absolute atomic E-state index is 0.264. The Kier molecular flexibility index (Phi) is 2.24. The highest BCUT2D eigenvalue weighted by atomic mass is 79.9. The van der Waals surface area contributed by atoms with Crippen LogP contribution in [0.1, 0.15) is 15.5 Å². The smallest absolute Gasteiger partial charge is 0.347 e. The summed E-state index contributed by atoms with van der Waals surface area (Å²) in [5, 5.41) is 9.62. The quantitative estimate of drug-likeness (QED) is 0.866. The van der Waals surface area contributed by atoms with Gasteiger partial charge in [0.25, 0.3) is 0 Å². The Morgan fingerprint density at radius 2 is 2.36 bits per heavy atom. The van der Waals surface area contributed by atoms with E-state index in [1.165, 1.54) is 0 Å². The Morgan fingerprint density at radius 3 is 3.00 bits per heavy atom. The van der Waals surface area contributed by atoms with E-state index in [2.05, 4.69) is 25.9 Å². The lowest BCUT2D eigenvalue weighted by molar-refractivity contribution is 0.0701. The van der Waals surface area contributed by atoms with E-state index in [9.17, 15) is 4.79 Å². The summed E-state index contributed by atoms with van der Waals surface area (Å²) >= 11 is 4.38. The molecule has 0 saturated heterocycles. The minimum Gasteiger partial charge on any atom is -0.477 e. The number of aromatic nitrogens is 2. The molecule has 4 nitrogen and oxygen atoms in total. The van der Waals surface area contributed by atoms with Gasteiger partial charge >= 0.3 is 5.97 Å². The van der Waals surface area contributed by atoms with Gasteiger partial charge in [-0.2, -0.15) is 0 Å². The Hall–Kier alpha value is -1.01. The predicted octanol–water partition coefficient (Wildman–Crippen LogP) is 2.46. The van der Waals surface area contributed by atoms with Crippen LogP contribution in [-0.4, -0.2) is 21.0 Å². The van der Waals surface area contributed by atoms with Crippen molar-refractivity contribution in [1.29, 1.82) is 0 Å². The van der Waals surface area contributed by atoms with Gasteiger partial charge in [-0.15, -0.1) is 11.3 Å². The number of thiophene rings is 1. The second kappa shape index (κ2) is 3.29.